The Hall–Kier alpha value is -0.160. The van der Waals surface area contributed by atoms with Crippen LogP contribution in [-0.2, 0) is 9.47 Å². The maximum absolute atomic E-state index is 5.69. The van der Waals surface area contributed by atoms with Crippen molar-refractivity contribution >= 4 is 0 Å². The van der Waals surface area contributed by atoms with Gasteiger partial charge in [0.1, 0.15) is 0 Å². The average Bonchev–Trinajstić information content (AvgIpc) is 2.30. The van der Waals surface area contributed by atoms with E-state index in [0.717, 1.165) is 46.0 Å². The van der Waals surface area contributed by atoms with Crippen LogP contribution in [0.3, 0.4) is 0 Å². The van der Waals surface area contributed by atoms with Crippen molar-refractivity contribution < 1.29 is 9.47 Å². The molecule has 0 bridgehead atoms. The predicted octanol–water partition coefficient (Wildman–Crippen LogP) is 0.332. The minimum Gasteiger partial charge on any atom is -0.376 e. The highest BCUT2D eigenvalue weighted by Crippen LogP contribution is 2.10. The third-order valence-electron chi connectivity index (χ3n) is 3.44. The molecule has 2 heterocycles. The zero-order valence-electron chi connectivity index (χ0n) is 10.4. The summed E-state index contributed by atoms with van der Waals surface area (Å²) in [5.41, 5.74) is 0. The van der Waals surface area contributed by atoms with E-state index in [1.807, 2.05) is 0 Å². The average molecular weight is 228 g/mol. The first-order valence-corrected chi connectivity index (χ1v) is 6.41. The van der Waals surface area contributed by atoms with Gasteiger partial charge in [-0.3, -0.25) is 4.90 Å². The second-order valence-corrected chi connectivity index (χ2v) is 5.13. The molecular weight excluding hydrogens is 204 g/mol. The van der Waals surface area contributed by atoms with Gasteiger partial charge in [0.2, 0.25) is 0 Å². The number of ether oxygens (including phenoxy) is 2. The molecule has 0 saturated carbocycles. The Kier molecular flexibility index (Phi) is 4.58. The van der Waals surface area contributed by atoms with Crippen molar-refractivity contribution in [3.05, 3.63) is 0 Å². The number of hydrogen-bond donors (Lipinski definition) is 1. The highest BCUT2D eigenvalue weighted by atomic mass is 16.6. The van der Waals surface area contributed by atoms with Crippen molar-refractivity contribution in [2.75, 3.05) is 46.0 Å². The number of nitrogens with zero attached hydrogens (tertiary/aromatic N) is 1. The molecule has 94 valence electrons. The molecule has 0 aromatic carbocycles. The van der Waals surface area contributed by atoms with Crippen molar-refractivity contribution in [2.24, 2.45) is 5.92 Å². The van der Waals surface area contributed by atoms with Gasteiger partial charge in [-0.2, -0.15) is 0 Å². The number of hydrogen-bond acceptors (Lipinski definition) is 4. The number of piperazine rings is 1. The van der Waals surface area contributed by atoms with Crippen LogP contribution in [0.25, 0.3) is 0 Å². The highest BCUT2D eigenvalue weighted by molar-refractivity contribution is 4.82. The monoisotopic (exact) mass is 228 g/mol. The van der Waals surface area contributed by atoms with Gasteiger partial charge >= 0.3 is 0 Å². The number of nitrogens with one attached hydrogen (secondary N) is 1. The zero-order chi connectivity index (χ0) is 11.4. The summed E-state index contributed by atoms with van der Waals surface area (Å²) in [6.45, 7) is 11.2. The maximum Gasteiger partial charge on any atom is 0.0936 e. The van der Waals surface area contributed by atoms with E-state index in [2.05, 4.69) is 24.1 Å². The smallest absolute Gasteiger partial charge is 0.0936 e. The van der Waals surface area contributed by atoms with Gasteiger partial charge in [0.15, 0.2) is 0 Å². The molecule has 0 aromatic heterocycles. The van der Waals surface area contributed by atoms with E-state index in [-0.39, 0.29) is 6.10 Å². The Morgan fingerprint density at radius 2 is 2.25 bits per heavy atom. The van der Waals surface area contributed by atoms with E-state index in [1.54, 1.807) is 0 Å². The molecule has 4 heteroatoms. The minimum atomic E-state index is 0.277. The molecule has 2 fully saturated rings. The Balaban J connectivity index is 1.75. The summed E-state index contributed by atoms with van der Waals surface area (Å²) in [4.78, 5) is 2.50. The Labute approximate surface area is 98.3 Å². The van der Waals surface area contributed by atoms with Gasteiger partial charge in [-0.25, -0.2) is 0 Å². The van der Waals surface area contributed by atoms with E-state index < -0.39 is 0 Å². The van der Waals surface area contributed by atoms with Gasteiger partial charge in [0.05, 0.1) is 25.9 Å². The Morgan fingerprint density at radius 1 is 1.38 bits per heavy atom. The molecule has 0 spiro atoms. The van der Waals surface area contributed by atoms with Crippen LogP contribution in [0.5, 0.6) is 0 Å². The lowest BCUT2D eigenvalue weighted by Gasteiger charge is -2.38. The lowest BCUT2D eigenvalue weighted by molar-refractivity contribution is -0.0993. The molecule has 0 amide bonds. The van der Waals surface area contributed by atoms with Crippen LogP contribution in [0.15, 0.2) is 0 Å². The third-order valence-corrected chi connectivity index (χ3v) is 3.44. The number of rotatable bonds is 3. The van der Waals surface area contributed by atoms with E-state index in [0.29, 0.717) is 12.0 Å². The molecule has 0 radical (unpaired) electrons. The van der Waals surface area contributed by atoms with E-state index in [4.69, 9.17) is 9.47 Å². The van der Waals surface area contributed by atoms with Gasteiger partial charge in [-0.15, -0.1) is 0 Å². The van der Waals surface area contributed by atoms with Crippen molar-refractivity contribution in [1.29, 1.82) is 0 Å². The summed E-state index contributed by atoms with van der Waals surface area (Å²) in [6.07, 6.45) is 0.277. The minimum absolute atomic E-state index is 0.277. The Bertz CT molecular complexity index is 205. The molecule has 2 unspecified atom stereocenters. The first kappa shape index (κ1) is 12.3. The molecule has 2 aliphatic heterocycles. The first-order chi connectivity index (χ1) is 7.75. The van der Waals surface area contributed by atoms with Crippen molar-refractivity contribution in [3.63, 3.8) is 0 Å². The van der Waals surface area contributed by atoms with Crippen LogP contribution in [0, 0.1) is 5.92 Å². The van der Waals surface area contributed by atoms with Crippen molar-refractivity contribution in [3.8, 4) is 0 Å². The zero-order valence-corrected chi connectivity index (χ0v) is 10.4. The lowest BCUT2D eigenvalue weighted by atomic mass is 10.0. The molecule has 2 aliphatic rings. The molecular formula is C12H24N2O2. The lowest BCUT2D eigenvalue weighted by Crippen LogP contribution is -2.55. The SMILES string of the molecule is CC(C)C1CN(CC2COCCO2)CCN1. The van der Waals surface area contributed by atoms with Gasteiger partial charge in [-0.05, 0) is 5.92 Å². The molecule has 4 nitrogen and oxygen atoms in total. The Morgan fingerprint density at radius 3 is 2.94 bits per heavy atom. The first-order valence-electron chi connectivity index (χ1n) is 6.41. The van der Waals surface area contributed by atoms with Crippen LogP contribution in [0.4, 0.5) is 0 Å². The molecule has 2 rings (SSSR count). The molecule has 2 atom stereocenters. The van der Waals surface area contributed by atoms with Crippen molar-refractivity contribution in [1.82, 2.24) is 10.2 Å². The summed E-state index contributed by atoms with van der Waals surface area (Å²) in [5.74, 6) is 0.700. The molecule has 1 N–H and O–H groups in total. The van der Waals surface area contributed by atoms with Gasteiger partial charge < -0.3 is 14.8 Å². The van der Waals surface area contributed by atoms with Crippen LogP contribution in [0.1, 0.15) is 13.8 Å². The summed E-state index contributed by atoms with van der Waals surface area (Å²) in [6, 6.07) is 0.623. The molecule has 16 heavy (non-hydrogen) atoms. The second-order valence-electron chi connectivity index (χ2n) is 5.13. The highest BCUT2D eigenvalue weighted by Gasteiger charge is 2.25. The predicted molar refractivity (Wildman–Crippen MR) is 63.6 cm³/mol. The fraction of sp³-hybridized carbons (Fsp3) is 1.00. The fourth-order valence-corrected chi connectivity index (χ4v) is 2.38. The molecule has 2 saturated heterocycles. The van der Waals surface area contributed by atoms with E-state index >= 15 is 0 Å². The largest absolute Gasteiger partial charge is 0.376 e. The summed E-state index contributed by atoms with van der Waals surface area (Å²) >= 11 is 0. The van der Waals surface area contributed by atoms with E-state index in [1.165, 1.54) is 0 Å². The summed E-state index contributed by atoms with van der Waals surface area (Å²) < 4.78 is 11.1. The van der Waals surface area contributed by atoms with Crippen LogP contribution in [-0.4, -0.2) is 63.0 Å². The van der Waals surface area contributed by atoms with Crippen LogP contribution >= 0.6 is 0 Å². The van der Waals surface area contributed by atoms with Crippen LogP contribution in [0.2, 0.25) is 0 Å². The van der Waals surface area contributed by atoms with Crippen molar-refractivity contribution in [2.45, 2.75) is 26.0 Å². The fourth-order valence-electron chi connectivity index (χ4n) is 2.38. The van der Waals surface area contributed by atoms with Gasteiger partial charge in [0.25, 0.3) is 0 Å². The summed E-state index contributed by atoms with van der Waals surface area (Å²) in [7, 11) is 0. The quantitative estimate of drug-likeness (QED) is 0.755. The summed E-state index contributed by atoms with van der Waals surface area (Å²) in [5, 5.41) is 3.57. The standard InChI is InChI=1S/C12H24N2O2/c1-10(2)12-8-14(4-3-13-12)7-11-9-15-5-6-16-11/h10-13H,3-9H2,1-2H3. The van der Waals surface area contributed by atoms with E-state index in [9.17, 15) is 0 Å². The second kappa shape index (κ2) is 5.96. The maximum atomic E-state index is 5.69. The van der Waals surface area contributed by atoms with Gasteiger partial charge in [0, 0.05) is 32.2 Å². The van der Waals surface area contributed by atoms with Gasteiger partial charge in [-0.1, -0.05) is 13.8 Å². The third kappa shape index (κ3) is 3.42. The normalized spacial score (nSPS) is 33.2. The van der Waals surface area contributed by atoms with Crippen LogP contribution < -0.4 is 5.32 Å². The topological polar surface area (TPSA) is 33.7 Å². The molecule has 0 aromatic rings. The molecule has 0 aliphatic carbocycles.